The van der Waals surface area contributed by atoms with Gasteiger partial charge < -0.3 is 5.32 Å². The highest BCUT2D eigenvalue weighted by Gasteiger charge is 2.12. The zero-order valence-corrected chi connectivity index (χ0v) is 17.4. The molecule has 0 bridgehead atoms. The van der Waals surface area contributed by atoms with Crippen molar-refractivity contribution in [2.45, 2.75) is 25.1 Å². The highest BCUT2D eigenvalue weighted by atomic mass is 32.2. The van der Waals surface area contributed by atoms with Crippen molar-refractivity contribution in [3.05, 3.63) is 64.7 Å². The van der Waals surface area contributed by atoms with Gasteiger partial charge in [0, 0.05) is 11.3 Å². The number of hydrogen-bond donors (Lipinski definition) is 2. The summed E-state index contributed by atoms with van der Waals surface area (Å²) < 4.78 is 0.621. The fourth-order valence-corrected chi connectivity index (χ4v) is 3.94. The SMILES string of the molecule is Cc1ccc(C(=O)Nc2nnc(SCC(=O)Nc3cccc(C)c3C)s2)cc1. The molecular weight excluding hydrogens is 392 g/mol. The number of anilines is 2. The Balaban J connectivity index is 1.53. The maximum Gasteiger partial charge on any atom is 0.257 e. The molecule has 6 nitrogen and oxygen atoms in total. The van der Waals surface area contributed by atoms with Crippen molar-refractivity contribution in [2.75, 3.05) is 16.4 Å². The van der Waals surface area contributed by atoms with Crippen molar-refractivity contribution in [1.82, 2.24) is 10.2 Å². The molecular formula is C20H20N4O2S2. The molecule has 0 atom stereocenters. The molecule has 0 aliphatic carbocycles. The van der Waals surface area contributed by atoms with Gasteiger partial charge in [0.2, 0.25) is 11.0 Å². The van der Waals surface area contributed by atoms with E-state index in [4.69, 9.17) is 0 Å². The van der Waals surface area contributed by atoms with Gasteiger partial charge in [0.15, 0.2) is 4.34 Å². The third kappa shape index (κ3) is 5.17. The lowest BCUT2D eigenvalue weighted by molar-refractivity contribution is -0.113. The Labute approximate surface area is 171 Å². The number of rotatable bonds is 6. The molecule has 0 aliphatic heterocycles. The van der Waals surface area contributed by atoms with E-state index in [1.54, 1.807) is 12.1 Å². The second kappa shape index (κ2) is 8.99. The van der Waals surface area contributed by atoms with Crippen LogP contribution in [0.1, 0.15) is 27.0 Å². The van der Waals surface area contributed by atoms with E-state index in [1.807, 2.05) is 51.1 Å². The molecule has 2 aromatic carbocycles. The Hall–Kier alpha value is -2.71. The Morgan fingerprint density at radius 1 is 1.00 bits per heavy atom. The van der Waals surface area contributed by atoms with Crippen molar-refractivity contribution >= 4 is 45.7 Å². The van der Waals surface area contributed by atoms with E-state index in [9.17, 15) is 9.59 Å². The highest BCUT2D eigenvalue weighted by Crippen LogP contribution is 2.26. The predicted octanol–water partition coefficient (Wildman–Crippen LogP) is 4.45. The lowest BCUT2D eigenvalue weighted by Gasteiger charge is -2.09. The number of carbonyl (C=O) groups is 2. The number of hydrogen-bond acceptors (Lipinski definition) is 6. The molecule has 2 amide bonds. The van der Waals surface area contributed by atoms with Gasteiger partial charge in [0.1, 0.15) is 0 Å². The standard InChI is InChI=1S/C20H20N4O2S2/c1-12-7-9-15(10-8-12)18(26)22-19-23-24-20(28-19)27-11-17(25)21-16-6-4-5-13(2)14(16)3/h4-10H,11H2,1-3H3,(H,21,25)(H,22,23,26). The smallest absolute Gasteiger partial charge is 0.257 e. The number of aryl methyl sites for hydroxylation is 2. The Morgan fingerprint density at radius 3 is 2.50 bits per heavy atom. The summed E-state index contributed by atoms with van der Waals surface area (Å²) in [5.41, 5.74) is 4.64. The Bertz CT molecular complexity index is 1000. The number of amides is 2. The van der Waals surface area contributed by atoms with E-state index >= 15 is 0 Å². The number of nitrogens with one attached hydrogen (secondary N) is 2. The van der Waals surface area contributed by atoms with Crippen LogP contribution < -0.4 is 10.6 Å². The minimum atomic E-state index is -0.236. The van der Waals surface area contributed by atoms with Crippen LogP contribution in [-0.2, 0) is 4.79 Å². The molecule has 3 rings (SSSR count). The lowest BCUT2D eigenvalue weighted by Crippen LogP contribution is -2.15. The van der Waals surface area contributed by atoms with Crippen LogP contribution in [0.3, 0.4) is 0 Å². The number of carbonyl (C=O) groups excluding carboxylic acids is 2. The number of thioether (sulfide) groups is 1. The zero-order chi connectivity index (χ0) is 20.1. The molecule has 8 heteroatoms. The van der Waals surface area contributed by atoms with Gasteiger partial charge in [-0.25, -0.2) is 0 Å². The summed E-state index contributed by atoms with van der Waals surface area (Å²) in [5.74, 6) is -0.131. The van der Waals surface area contributed by atoms with Crippen molar-refractivity contribution in [1.29, 1.82) is 0 Å². The van der Waals surface area contributed by atoms with Crippen LogP contribution in [0.5, 0.6) is 0 Å². The first-order chi connectivity index (χ1) is 13.4. The van der Waals surface area contributed by atoms with Crippen molar-refractivity contribution in [3.8, 4) is 0 Å². The molecule has 0 fully saturated rings. The van der Waals surface area contributed by atoms with Crippen LogP contribution in [0.4, 0.5) is 10.8 Å². The summed E-state index contributed by atoms with van der Waals surface area (Å²) in [6.07, 6.45) is 0. The number of nitrogens with zero attached hydrogens (tertiary/aromatic N) is 2. The summed E-state index contributed by atoms with van der Waals surface area (Å²) in [5, 5.41) is 14.0. The molecule has 0 unspecified atom stereocenters. The van der Waals surface area contributed by atoms with Gasteiger partial charge in [-0.05, 0) is 50.1 Å². The van der Waals surface area contributed by atoms with Gasteiger partial charge in [-0.15, -0.1) is 10.2 Å². The maximum absolute atomic E-state index is 12.2. The quantitative estimate of drug-likeness (QED) is 0.462. The first kappa shape index (κ1) is 20.0. The first-order valence-electron chi connectivity index (χ1n) is 8.63. The Morgan fingerprint density at radius 2 is 1.75 bits per heavy atom. The fourth-order valence-electron chi connectivity index (χ4n) is 2.39. The third-order valence-electron chi connectivity index (χ3n) is 4.15. The van der Waals surface area contributed by atoms with Crippen LogP contribution >= 0.6 is 23.1 Å². The molecule has 0 saturated carbocycles. The van der Waals surface area contributed by atoms with Gasteiger partial charge in [-0.3, -0.25) is 14.9 Å². The summed E-state index contributed by atoms with van der Waals surface area (Å²) in [7, 11) is 0. The summed E-state index contributed by atoms with van der Waals surface area (Å²) >= 11 is 2.53. The van der Waals surface area contributed by atoms with Gasteiger partial charge in [-0.2, -0.15) is 0 Å². The van der Waals surface area contributed by atoms with E-state index in [0.717, 1.165) is 22.4 Å². The normalized spacial score (nSPS) is 10.5. The monoisotopic (exact) mass is 412 g/mol. The second-order valence-electron chi connectivity index (χ2n) is 6.28. The number of aromatic nitrogens is 2. The molecule has 28 heavy (non-hydrogen) atoms. The largest absolute Gasteiger partial charge is 0.325 e. The van der Waals surface area contributed by atoms with E-state index in [1.165, 1.54) is 23.1 Å². The third-order valence-corrected chi connectivity index (χ3v) is 6.12. The minimum absolute atomic E-state index is 0.112. The van der Waals surface area contributed by atoms with Gasteiger partial charge in [0.25, 0.3) is 5.91 Å². The maximum atomic E-state index is 12.2. The molecule has 3 aromatic rings. The van der Waals surface area contributed by atoms with Crippen LogP contribution in [-0.4, -0.2) is 27.8 Å². The zero-order valence-electron chi connectivity index (χ0n) is 15.8. The van der Waals surface area contributed by atoms with Crippen molar-refractivity contribution < 1.29 is 9.59 Å². The highest BCUT2D eigenvalue weighted by molar-refractivity contribution is 8.01. The predicted molar refractivity (Wildman–Crippen MR) is 114 cm³/mol. The molecule has 1 aromatic heterocycles. The fraction of sp³-hybridized carbons (Fsp3) is 0.200. The van der Waals surface area contributed by atoms with E-state index < -0.39 is 0 Å². The van der Waals surface area contributed by atoms with Crippen LogP contribution in [0.15, 0.2) is 46.8 Å². The average Bonchev–Trinajstić information content (AvgIpc) is 3.11. The molecule has 2 N–H and O–H groups in total. The Kier molecular flexibility index (Phi) is 6.43. The molecule has 0 spiro atoms. The van der Waals surface area contributed by atoms with Crippen LogP contribution in [0.2, 0.25) is 0 Å². The van der Waals surface area contributed by atoms with Gasteiger partial charge in [-0.1, -0.05) is 52.9 Å². The second-order valence-corrected chi connectivity index (χ2v) is 8.48. The lowest BCUT2D eigenvalue weighted by atomic mass is 10.1. The van der Waals surface area contributed by atoms with E-state index in [-0.39, 0.29) is 17.6 Å². The molecule has 0 saturated heterocycles. The first-order valence-corrected chi connectivity index (χ1v) is 10.4. The topological polar surface area (TPSA) is 84.0 Å². The van der Waals surface area contributed by atoms with E-state index in [2.05, 4.69) is 20.8 Å². The van der Waals surface area contributed by atoms with Crippen molar-refractivity contribution in [3.63, 3.8) is 0 Å². The van der Waals surface area contributed by atoms with Crippen LogP contribution in [0, 0.1) is 20.8 Å². The van der Waals surface area contributed by atoms with Crippen molar-refractivity contribution in [2.24, 2.45) is 0 Å². The minimum Gasteiger partial charge on any atom is -0.325 e. The number of benzene rings is 2. The van der Waals surface area contributed by atoms with Crippen LogP contribution in [0.25, 0.3) is 0 Å². The van der Waals surface area contributed by atoms with E-state index in [0.29, 0.717) is 15.0 Å². The molecule has 0 radical (unpaired) electrons. The summed E-state index contributed by atoms with van der Waals surface area (Å²) in [4.78, 5) is 24.4. The molecule has 1 heterocycles. The summed E-state index contributed by atoms with van der Waals surface area (Å²) in [6, 6.07) is 13.1. The van der Waals surface area contributed by atoms with Gasteiger partial charge >= 0.3 is 0 Å². The molecule has 0 aliphatic rings. The summed E-state index contributed by atoms with van der Waals surface area (Å²) in [6.45, 7) is 5.95. The molecule has 144 valence electrons. The average molecular weight is 413 g/mol. The van der Waals surface area contributed by atoms with Gasteiger partial charge in [0.05, 0.1) is 5.75 Å².